The second-order valence-electron chi connectivity index (χ2n) is 14.6. The molecule has 0 saturated heterocycles. The first-order chi connectivity index (χ1) is 27.9. The van der Waals surface area contributed by atoms with Gasteiger partial charge in [0.25, 0.3) is 0 Å². The van der Waals surface area contributed by atoms with Crippen molar-refractivity contribution < 1.29 is 4.39 Å². The van der Waals surface area contributed by atoms with Gasteiger partial charge in [-0.05, 0) is 114 Å². The summed E-state index contributed by atoms with van der Waals surface area (Å²) in [5.41, 5.74) is 13.5. The second-order valence-corrected chi connectivity index (χ2v) is 14.6. The van der Waals surface area contributed by atoms with Crippen molar-refractivity contribution in [3.63, 3.8) is 0 Å². The van der Waals surface area contributed by atoms with Crippen LogP contribution in [0.25, 0.3) is 88.4 Å². The molecule has 0 spiro atoms. The Morgan fingerprint density at radius 1 is 0.421 bits per heavy atom. The molecule has 2 aromatic heterocycles. The van der Waals surface area contributed by atoms with Crippen molar-refractivity contribution >= 4 is 43.6 Å². The van der Waals surface area contributed by atoms with Crippen LogP contribution in [0.4, 0.5) is 4.39 Å². The number of aryl methyl sites for hydroxylation is 2. The summed E-state index contributed by atoms with van der Waals surface area (Å²) in [6, 6.07) is 59.1. The number of hydrogen-bond donors (Lipinski definition) is 0. The first kappa shape index (κ1) is 33.8. The SMILES string of the molecule is Cc1ccccc1-c1ccc2c(c1)c1ccccc1n2-c1cc(C#N)cc(-n2c3ccccc3c3cc(-c4ccccc4C)ccc32)c1-c1ccc(C#N)cc1F. The minimum Gasteiger partial charge on any atom is -0.308 e. The fraction of sp³-hybridized carbons (Fsp3) is 0.0385. The Morgan fingerprint density at radius 3 is 1.35 bits per heavy atom. The van der Waals surface area contributed by atoms with Crippen LogP contribution in [-0.4, -0.2) is 9.13 Å². The third kappa shape index (κ3) is 5.33. The van der Waals surface area contributed by atoms with Crippen molar-refractivity contribution in [2.45, 2.75) is 13.8 Å². The van der Waals surface area contributed by atoms with Crippen LogP contribution in [0.15, 0.2) is 164 Å². The van der Waals surface area contributed by atoms with E-state index in [1.54, 1.807) is 12.1 Å². The second kappa shape index (κ2) is 13.2. The predicted molar refractivity (Wildman–Crippen MR) is 230 cm³/mol. The minimum absolute atomic E-state index is 0.231. The van der Waals surface area contributed by atoms with Gasteiger partial charge in [0.05, 0.1) is 56.7 Å². The summed E-state index contributed by atoms with van der Waals surface area (Å²) < 4.78 is 21.0. The Bertz CT molecular complexity index is 3180. The number of aromatic nitrogens is 2. The topological polar surface area (TPSA) is 57.4 Å². The van der Waals surface area contributed by atoms with Crippen LogP contribution < -0.4 is 0 Å². The molecule has 0 N–H and O–H groups in total. The normalized spacial score (nSPS) is 11.4. The molecule has 0 radical (unpaired) electrons. The number of nitrogens with zero attached hydrogens (tertiary/aromatic N) is 4. The lowest BCUT2D eigenvalue weighted by Gasteiger charge is -2.21. The van der Waals surface area contributed by atoms with E-state index in [0.29, 0.717) is 28.1 Å². The molecule has 8 aromatic carbocycles. The molecule has 0 bridgehead atoms. The highest BCUT2D eigenvalue weighted by Gasteiger charge is 2.25. The molecule has 0 amide bonds. The lowest BCUT2D eigenvalue weighted by Crippen LogP contribution is -2.06. The number of benzene rings is 8. The summed E-state index contributed by atoms with van der Waals surface area (Å²) in [7, 11) is 0. The zero-order valence-corrected chi connectivity index (χ0v) is 31.3. The molecule has 268 valence electrons. The summed E-state index contributed by atoms with van der Waals surface area (Å²) in [6.45, 7) is 4.24. The third-order valence-corrected chi connectivity index (χ3v) is 11.3. The van der Waals surface area contributed by atoms with Crippen molar-refractivity contribution in [3.8, 4) is 56.9 Å². The minimum atomic E-state index is -0.522. The fourth-order valence-corrected chi connectivity index (χ4v) is 8.69. The lowest BCUT2D eigenvalue weighted by molar-refractivity contribution is 0.630. The Morgan fingerprint density at radius 2 is 0.877 bits per heavy atom. The van der Waals surface area contributed by atoms with Gasteiger partial charge < -0.3 is 9.13 Å². The largest absolute Gasteiger partial charge is 0.308 e. The van der Waals surface area contributed by atoms with Crippen LogP contribution in [0.2, 0.25) is 0 Å². The van der Waals surface area contributed by atoms with Crippen LogP contribution in [0.3, 0.4) is 0 Å². The molecule has 0 aliphatic carbocycles. The molecule has 57 heavy (non-hydrogen) atoms. The van der Waals surface area contributed by atoms with Crippen LogP contribution >= 0.6 is 0 Å². The third-order valence-electron chi connectivity index (χ3n) is 11.3. The molecule has 0 unspecified atom stereocenters. The van der Waals surface area contributed by atoms with E-state index < -0.39 is 5.82 Å². The zero-order valence-electron chi connectivity index (χ0n) is 31.3. The van der Waals surface area contributed by atoms with E-state index in [-0.39, 0.29) is 5.56 Å². The maximum Gasteiger partial charge on any atom is 0.132 e. The van der Waals surface area contributed by atoms with Gasteiger partial charge in [0.2, 0.25) is 0 Å². The number of rotatable bonds is 5. The highest BCUT2D eigenvalue weighted by atomic mass is 19.1. The van der Waals surface area contributed by atoms with E-state index in [1.165, 1.54) is 17.2 Å². The van der Waals surface area contributed by atoms with E-state index in [4.69, 9.17) is 0 Å². The van der Waals surface area contributed by atoms with Crippen molar-refractivity contribution in [3.05, 3.63) is 192 Å². The molecule has 2 heterocycles. The molecule has 0 atom stereocenters. The van der Waals surface area contributed by atoms with Gasteiger partial charge in [-0.25, -0.2) is 4.39 Å². The van der Waals surface area contributed by atoms with Gasteiger partial charge in [-0.1, -0.05) is 97.1 Å². The molecule has 0 aliphatic heterocycles. The van der Waals surface area contributed by atoms with Gasteiger partial charge in [0, 0.05) is 32.7 Å². The molecule has 0 saturated carbocycles. The molecule has 0 fully saturated rings. The van der Waals surface area contributed by atoms with Gasteiger partial charge in [0.15, 0.2) is 0 Å². The Balaban J connectivity index is 1.34. The van der Waals surface area contributed by atoms with Gasteiger partial charge in [0.1, 0.15) is 5.82 Å². The summed E-state index contributed by atoms with van der Waals surface area (Å²) >= 11 is 0. The van der Waals surface area contributed by atoms with E-state index in [1.807, 2.05) is 48.5 Å². The molecular weight excluding hydrogens is 700 g/mol. The average molecular weight is 733 g/mol. The van der Waals surface area contributed by atoms with Crippen LogP contribution in [0, 0.1) is 42.3 Å². The van der Waals surface area contributed by atoms with Gasteiger partial charge in [-0.15, -0.1) is 0 Å². The van der Waals surface area contributed by atoms with Gasteiger partial charge in [-0.2, -0.15) is 10.5 Å². The van der Waals surface area contributed by atoms with Crippen molar-refractivity contribution in [1.82, 2.24) is 9.13 Å². The summed E-state index contributed by atoms with van der Waals surface area (Å²) in [4.78, 5) is 0. The summed E-state index contributed by atoms with van der Waals surface area (Å²) in [5.74, 6) is -0.522. The average Bonchev–Trinajstić information content (AvgIpc) is 3.75. The first-order valence-corrected chi connectivity index (χ1v) is 18.9. The van der Waals surface area contributed by atoms with E-state index >= 15 is 4.39 Å². The molecule has 10 aromatic rings. The van der Waals surface area contributed by atoms with E-state index in [2.05, 4.69) is 132 Å². The van der Waals surface area contributed by atoms with Crippen molar-refractivity contribution in [1.29, 1.82) is 10.5 Å². The fourth-order valence-electron chi connectivity index (χ4n) is 8.69. The number of para-hydroxylation sites is 2. The quantitative estimate of drug-likeness (QED) is 0.177. The number of nitriles is 2. The molecule has 10 rings (SSSR count). The lowest BCUT2D eigenvalue weighted by atomic mass is 9.96. The number of fused-ring (bicyclic) bond motifs is 6. The zero-order chi connectivity index (χ0) is 38.8. The first-order valence-electron chi connectivity index (χ1n) is 18.9. The summed E-state index contributed by atoms with van der Waals surface area (Å²) in [6.07, 6.45) is 0. The monoisotopic (exact) mass is 732 g/mol. The van der Waals surface area contributed by atoms with Gasteiger partial charge in [-0.3, -0.25) is 0 Å². The maximum atomic E-state index is 16.7. The van der Waals surface area contributed by atoms with E-state index in [9.17, 15) is 10.5 Å². The molecular formula is C52H33FN4. The van der Waals surface area contributed by atoms with Crippen LogP contribution in [0.1, 0.15) is 22.3 Å². The molecule has 0 aliphatic rings. The maximum absolute atomic E-state index is 16.7. The standard InChI is InChI=1S/C52H33FN4/c1-32-11-3-5-13-38(32)36-20-23-48-43(28-36)40-15-7-9-17-46(40)56(48)50-26-35(31-55)27-51(52(50)42-22-19-34(30-54)25-45(42)53)57-47-18-10-8-16-41(47)44-29-37(21-24-49(44)57)39-14-6-4-12-33(39)2/h3-29H,1-2H3. The van der Waals surface area contributed by atoms with Gasteiger partial charge >= 0.3 is 0 Å². The Labute approximate surface area is 329 Å². The highest BCUT2D eigenvalue weighted by molar-refractivity contribution is 6.13. The molecule has 4 nitrogen and oxygen atoms in total. The highest BCUT2D eigenvalue weighted by Crippen LogP contribution is 2.44. The Kier molecular flexibility index (Phi) is 7.85. The van der Waals surface area contributed by atoms with Crippen molar-refractivity contribution in [2.24, 2.45) is 0 Å². The molecule has 5 heteroatoms. The van der Waals surface area contributed by atoms with Crippen LogP contribution in [-0.2, 0) is 0 Å². The predicted octanol–water partition coefficient (Wildman–Crippen LogP) is 13.4. The van der Waals surface area contributed by atoms with E-state index in [0.717, 1.165) is 65.9 Å². The Hall–Kier alpha value is -7.73. The smallest absolute Gasteiger partial charge is 0.132 e. The number of hydrogen-bond acceptors (Lipinski definition) is 2. The summed E-state index contributed by atoms with van der Waals surface area (Å²) in [5, 5.41) is 24.6. The van der Waals surface area contributed by atoms with Crippen LogP contribution in [0.5, 0.6) is 0 Å². The number of halogens is 1. The van der Waals surface area contributed by atoms with Crippen molar-refractivity contribution in [2.75, 3.05) is 0 Å².